The Hall–Kier alpha value is -1.06. The molecule has 0 aromatic heterocycles. The van der Waals surface area contributed by atoms with Crippen LogP contribution in [0.15, 0.2) is 18.2 Å². The van der Waals surface area contributed by atoms with Crippen LogP contribution in [0.25, 0.3) is 0 Å². The smallest absolute Gasteiger partial charge is 0.0508 e. The molecule has 1 aliphatic rings. The van der Waals surface area contributed by atoms with Gasteiger partial charge in [0.15, 0.2) is 0 Å². The second kappa shape index (κ2) is 7.81. The van der Waals surface area contributed by atoms with Gasteiger partial charge in [0.2, 0.25) is 0 Å². The van der Waals surface area contributed by atoms with Crippen molar-refractivity contribution in [1.82, 2.24) is 5.32 Å². The van der Waals surface area contributed by atoms with E-state index >= 15 is 0 Å². The fourth-order valence-electron chi connectivity index (χ4n) is 3.08. The van der Waals surface area contributed by atoms with E-state index in [1.165, 1.54) is 23.2 Å². The summed E-state index contributed by atoms with van der Waals surface area (Å²) in [5, 5.41) is 3.58. The van der Waals surface area contributed by atoms with Crippen LogP contribution in [-0.2, 0) is 11.3 Å². The minimum absolute atomic E-state index is 0.674. The summed E-state index contributed by atoms with van der Waals surface area (Å²) in [6.45, 7) is 11.8. The third kappa shape index (κ3) is 4.72. The Labute approximate surface area is 129 Å². The van der Waals surface area contributed by atoms with Gasteiger partial charge in [0, 0.05) is 38.3 Å². The van der Waals surface area contributed by atoms with Crippen molar-refractivity contribution in [1.29, 1.82) is 0 Å². The predicted octanol–water partition coefficient (Wildman–Crippen LogP) is 3.21. The maximum atomic E-state index is 5.31. The zero-order chi connectivity index (χ0) is 15.2. The van der Waals surface area contributed by atoms with Crippen LogP contribution in [0, 0.1) is 18.8 Å². The number of methoxy groups -OCH3 is 1. The minimum Gasteiger partial charge on any atom is -0.384 e. The van der Waals surface area contributed by atoms with Gasteiger partial charge in [-0.15, -0.1) is 0 Å². The molecule has 1 atom stereocenters. The van der Waals surface area contributed by atoms with Crippen LogP contribution in [-0.4, -0.2) is 33.4 Å². The van der Waals surface area contributed by atoms with E-state index < -0.39 is 0 Å². The SMILES string of the molecule is COCC1CCN(c2ccc(C)cc2CNCC(C)C)C1. The highest BCUT2D eigenvalue weighted by Gasteiger charge is 2.24. The number of nitrogens with zero attached hydrogens (tertiary/aromatic N) is 1. The van der Waals surface area contributed by atoms with Crippen LogP contribution in [0.2, 0.25) is 0 Å². The highest BCUT2D eigenvalue weighted by molar-refractivity contribution is 5.55. The van der Waals surface area contributed by atoms with E-state index in [9.17, 15) is 0 Å². The highest BCUT2D eigenvalue weighted by Crippen LogP contribution is 2.28. The molecule has 0 spiro atoms. The minimum atomic E-state index is 0.674. The molecule has 0 bridgehead atoms. The first-order chi connectivity index (χ1) is 10.1. The molecule has 3 heteroatoms. The number of hydrogen-bond acceptors (Lipinski definition) is 3. The lowest BCUT2D eigenvalue weighted by atomic mass is 10.1. The standard InChI is InChI=1S/C18H30N2O/c1-14(2)10-19-11-17-9-15(3)5-6-18(17)20-8-7-16(12-20)13-21-4/h5-6,9,14,16,19H,7-8,10-13H2,1-4H3. The number of hydrogen-bond donors (Lipinski definition) is 1. The summed E-state index contributed by atoms with van der Waals surface area (Å²) in [4.78, 5) is 2.52. The molecule has 0 aliphatic carbocycles. The normalized spacial score (nSPS) is 18.7. The van der Waals surface area contributed by atoms with Crippen molar-refractivity contribution in [3.05, 3.63) is 29.3 Å². The molecule has 2 rings (SSSR count). The van der Waals surface area contributed by atoms with Crippen LogP contribution in [0.3, 0.4) is 0 Å². The molecular weight excluding hydrogens is 260 g/mol. The fourth-order valence-corrected chi connectivity index (χ4v) is 3.08. The average molecular weight is 290 g/mol. The number of nitrogens with one attached hydrogen (secondary N) is 1. The van der Waals surface area contributed by atoms with Crippen LogP contribution < -0.4 is 10.2 Å². The number of anilines is 1. The third-order valence-electron chi connectivity index (χ3n) is 4.13. The summed E-state index contributed by atoms with van der Waals surface area (Å²) in [6.07, 6.45) is 1.24. The maximum absolute atomic E-state index is 5.31. The van der Waals surface area contributed by atoms with Crippen molar-refractivity contribution >= 4 is 5.69 Å². The first-order valence-corrected chi connectivity index (χ1v) is 8.14. The number of rotatable bonds is 7. The Morgan fingerprint density at radius 2 is 2.19 bits per heavy atom. The van der Waals surface area contributed by atoms with Gasteiger partial charge in [0.1, 0.15) is 0 Å². The number of aryl methyl sites for hydroxylation is 1. The number of benzene rings is 1. The molecule has 0 saturated carbocycles. The molecule has 21 heavy (non-hydrogen) atoms. The van der Waals surface area contributed by atoms with E-state index in [-0.39, 0.29) is 0 Å². The molecule has 0 radical (unpaired) electrons. The Bertz CT molecular complexity index is 445. The molecule has 3 nitrogen and oxygen atoms in total. The van der Waals surface area contributed by atoms with Gasteiger partial charge in [-0.3, -0.25) is 0 Å². The molecule has 1 N–H and O–H groups in total. The van der Waals surface area contributed by atoms with Crippen molar-refractivity contribution in [3.63, 3.8) is 0 Å². The summed E-state index contributed by atoms with van der Waals surface area (Å²) in [7, 11) is 1.80. The Balaban J connectivity index is 2.04. The van der Waals surface area contributed by atoms with Crippen molar-refractivity contribution < 1.29 is 4.74 Å². The molecule has 1 aromatic rings. The van der Waals surface area contributed by atoms with Crippen LogP contribution in [0.5, 0.6) is 0 Å². The predicted molar refractivity (Wildman–Crippen MR) is 89.9 cm³/mol. The molecule has 1 fully saturated rings. The van der Waals surface area contributed by atoms with E-state index in [0.717, 1.165) is 32.8 Å². The van der Waals surface area contributed by atoms with Crippen molar-refractivity contribution in [2.24, 2.45) is 11.8 Å². The van der Waals surface area contributed by atoms with Crippen LogP contribution >= 0.6 is 0 Å². The lowest BCUT2D eigenvalue weighted by Gasteiger charge is -2.23. The highest BCUT2D eigenvalue weighted by atomic mass is 16.5. The van der Waals surface area contributed by atoms with E-state index in [1.807, 2.05) is 0 Å². The van der Waals surface area contributed by atoms with Crippen LogP contribution in [0.1, 0.15) is 31.4 Å². The zero-order valence-electron chi connectivity index (χ0n) is 14.0. The maximum Gasteiger partial charge on any atom is 0.0508 e. The molecule has 1 unspecified atom stereocenters. The van der Waals surface area contributed by atoms with Crippen molar-refractivity contribution in [2.75, 3.05) is 38.3 Å². The van der Waals surface area contributed by atoms with Gasteiger partial charge in [-0.05, 0) is 37.4 Å². The first kappa shape index (κ1) is 16.3. The average Bonchev–Trinajstić information content (AvgIpc) is 2.87. The van der Waals surface area contributed by atoms with Gasteiger partial charge < -0.3 is 15.0 Å². The second-order valence-corrected chi connectivity index (χ2v) is 6.71. The van der Waals surface area contributed by atoms with Gasteiger partial charge in [0.25, 0.3) is 0 Å². The zero-order valence-corrected chi connectivity index (χ0v) is 14.0. The van der Waals surface area contributed by atoms with Gasteiger partial charge in [0.05, 0.1) is 6.61 Å². The number of ether oxygens (including phenoxy) is 1. The third-order valence-corrected chi connectivity index (χ3v) is 4.13. The summed E-state index contributed by atoms with van der Waals surface area (Å²) in [5.74, 6) is 1.36. The summed E-state index contributed by atoms with van der Waals surface area (Å²) in [6, 6.07) is 6.84. The monoisotopic (exact) mass is 290 g/mol. The summed E-state index contributed by atoms with van der Waals surface area (Å²) >= 11 is 0. The molecular formula is C18H30N2O. The van der Waals surface area contributed by atoms with Gasteiger partial charge in [-0.25, -0.2) is 0 Å². The molecule has 1 saturated heterocycles. The summed E-state index contributed by atoms with van der Waals surface area (Å²) in [5.41, 5.74) is 4.16. The second-order valence-electron chi connectivity index (χ2n) is 6.71. The molecule has 1 aliphatic heterocycles. The van der Waals surface area contributed by atoms with Gasteiger partial charge in [-0.2, -0.15) is 0 Å². The Morgan fingerprint density at radius 3 is 2.90 bits per heavy atom. The van der Waals surface area contributed by atoms with E-state index in [0.29, 0.717) is 11.8 Å². The first-order valence-electron chi connectivity index (χ1n) is 8.14. The summed E-state index contributed by atoms with van der Waals surface area (Å²) < 4.78 is 5.31. The van der Waals surface area contributed by atoms with Gasteiger partial charge in [-0.1, -0.05) is 31.5 Å². The van der Waals surface area contributed by atoms with E-state index in [2.05, 4.69) is 49.2 Å². The van der Waals surface area contributed by atoms with Crippen LogP contribution in [0.4, 0.5) is 5.69 Å². The van der Waals surface area contributed by atoms with Gasteiger partial charge >= 0.3 is 0 Å². The Morgan fingerprint density at radius 1 is 1.38 bits per heavy atom. The molecule has 0 amide bonds. The molecule has 1 aromatic carbocycles. The quantitative estimate of drug-likeness (QED) is 0.834. The largest absolute Gasteiger partial charge is 0.384 e. The molecule has 118 valence electrons. The fraction of sp³-hybridized carbons (Fsp3) is 0.667. The van der Waals surface area contributed by atoms with E-state index in [1.54, 1.807) is 7.11 Å². The molecule has 1 heterocycles. The lowest BCUT2D eigenvalue weighted by Crippen LogP contribution is -2.25. The van der Waals surface area contributed by atoms with Crippen molar-refractivity contribution in [3.8, 4) is 0 Å². The topological polar surface area (TPSA) is 24.5 Å². The Kier molecular flexibility index (Phi) is 6.07. The van der Waals surface area contributed by atoms with Crippen molar-refractivity contribution in [2.45, 2.75) is 33.7 Å². The van der Waals surface area contributed by atoms with E-state index in [4.69, 9.17) is 4.74 Å². The lowest BCUT2D eigenvalue weighted by molar-refractivity contribution is 0.161.